The second-order valence-electron chi connectivity index (χ2n) is 7.24. The fourth-order valence-electron chi connectivity index (χ4n) is 3.57. The Balaban J connectivity index is 1.33. The predicted octanol–water partition coefficient (Wildman–Crippen LogP) is 2.98. The number of aromatic amines is 1. The van der Waals surface area contributed by atoms with Gasteiger partial charge in [0.15, 0.2) is 11.0 Å². The Morgan fingerprint density at radius 3 is 2.71 bits per heavy atom. The lowest BCUT2D eigenvalue weighted by Gasteiger charge is -2.36. The van der Waals surface area contributed by atoms with Crippen LogP contribution in [0.2, 0.25) is 5.15 Å². The van der Waals surface area contributed by atoms with Crippen molar-refractivity contribution < 1.29 is 4.79 Å². The van der Waals surface area contributed by atoms with E-state index in [0.717, 1.165) is 49.7 Å². The molecule has 4 rings (SSSR count). The minimum atomic E-state index is -0.246. The van der Waals surface area contributed by atoms with E-state index in [0.29, 0.717) is 23.3 Å². The molecule has 4 heterocycles. The van der Waals surface area contributed by atoms with Crippen LogP contribution in [0.25, 0.3) is 11.5 Å². The summed E-state index contributed by atoms with van der Waals surface area (Å²) in [6, 6.07) is 7.58. The Labute approximate surface area is 185 Å². The molecule has 3 aromatic heterocycles. The van der Waals surface area contributed by atoms with Crippen LogP contribution >= 0.6 is 11.6 Å². The first kappa shape index (κ1) is 21.1. The number of piperazine rings is 1. The Bertz CT molecular complexity index is 1020. The van der Waals surface area contributed by atoms with Gasteiger partial charge in [-0.3, -0.25) is 10.2 Å². The third kappa shape index (κ3) is 5.31. The van der Waals surface area contributed by atoms with Crippen molar-refractivity contribution >= 4 is 29.1 Å². The lowest BCUT2D eigenvalue weighted by atomic mass is 10.2. The molecule has 0 aromatic carbocycles. The van der Waals surface area contributed by atoms with Gasteiger partial charge < -0.3 is 15.2 Å². The number of hydrogen-bond acceptors (Lipinski definition) is 6. The molecule has 0 saturated carbocycles. The second kappa shape index (κ2) is 9.76. The van der Waals surface area contributed by atoms with Crippen LogP contribution < -0.4 is 15.5 Å². The van der Waals surface area contributed by atoms with Gasteiger partial charge in [-0.15, -0.1) is 0 Å². The van der Waals surface area contributed by atoms with Crippen LogP contribution in [0.15, 0.2) is 42.9 Å². The number of carbonyl (C=O) groups is 1. The number of aromatic nitrogens is 4. The number of halogens is 1. The highest BCUT2D eigenvalue weighted by Crippen LogP contribution is 2.28. The number of H-pyrrole nitrogens is 1. The fraction of sp³-hybridized carbons (Fsp3) is 0.333. The van der Waals surface area contributed by atoms with E-state index >= 15 is 0 Å². The van der Waals surface area contributed by atoms with E-state index in [9.17, 15) is 4.79 Å². The highest BCUT2D eigenvalue weighted by molar-refractivity contribution is 6.32. The molecule has 2 amide bonds. The lowest BCUT2D eigenvalue weighted by molar-refractivity contribution is 0.249. The zero-order valence-corrected chi connectivity index (χ0v) is 18.1. The summed E-state index contributed by atoms with van der Waals surface area (Å²) in [5.41, 5.74) is 2.78. The van der Waals surface area contributed by atoms with Gasteiger partial charge in [0.1, 0.15) is 11.5 Å². The Morgan fingerprint density at radius 2 is 2.00 bits per heavy atom. The largest absolute Gasteiger partial charge is 0.366 e. The summed E-state index contributed by atoms with van der Waals surface area (Å²) in [6.07, 6.45) is 5.18. The molecule has 1 aliphatic rings. The summed E-state index contributed by atoms with van der Waals surface area (Å²) >= 11 is 6.47. The number of nitrogens with one attached hydrogen (secondary N) is 3. The number of rotatable bonds is 6. The first-order valence-electron chi connectivity index (χ1n) is 10.3. The average molecular weight is 441 g/mol. The van der Waals surface area contributed by atoms with Crippen molar-refractivity contribution in [3.8, 4) is 11.5 Å². The minimum absolute atomic E-state index is 0.246. The van der Waals surface area contributed by atoms with Crippen LogP contribution in [0.1, 0.15) is 12.5 Å². The molecular weight excluding hydrogens is 416 g/mol. The molecule has 1 saturated heterocycles. The first-order chi connectivity index (χ1) is 15.1. The van der Waals surface area contributed by atoms with E-state index < -0.39 is 0 Å². The SMILES string of the molecule is CCNC(=O)Nc1cc(CN2CCN(c3ccc(-c4ncc[nH]4)nc3Cl)CC2)ccn1. The van der Waals surface area contributed by atoms with E-state index in [1.54, 1.807) is 18.6 Å². The molecular formula is C21H25ClN8O. The molecule has 3 aromatic rings. The highest BCUT2D eigenvalue weighted by Gasteiger charge is 2.20. The van der Waals surface area contributed by atoms with Gasteiger partial charge in [0.25, 0.3) is 0 Å². The van der Waals surface area contributed by atoms with Crippen molar-refractivity contribution in [3.63, 3.8) is 0 Å². The highest BCUT2D eigenvalue weighted by atomic mass is 35.5. The molecule has 0 radical (unpaired) electrons. The van der Waals surface area contributed by atoms with Crippen LogP contribution in [0.3, 0.4) is 0 Å². The normalized spacial score (nSPS) is 14.5. The van der Waals surface area contributed by atoms with Gasteiger partial charge in [-0.2, -0.15) is 0 Å². The van der Waals surface area contributed by atoms with Gasteiger partial charge in [0.05, 0.1) is 5.69 Å². The van der Waals surface area contributed by atoms with Crippen molar-refractivity contribution in [1.29, 1.82) is 0 Å². The number of hydrogen-bond donors (Lipinski definition) is 3. The van der Waals surface area contributed by atoms with Crippen molar-refractivity contribution in [3.05, 3.63) is 53.6 Å². The average Bonchev–Trinajstić information content (AvgIpc) is 3.30. The maximum absolute atomic E-state index is 11.7. The number of anilines is 2. The molecule has 10 heteroatoms. The van der Waals surface area contributed by atoms with Crippen LogP contribution in [0, 0.1) is 0 Å². The van der Waals surface area contributed by atoms with Crippen molar-refractivity contribution in [1.82, 2.24) is 30.2 Å². The molecule has 0 bridgehead atoms. The lowest BCUT2D eigenvalue weighted by Crippen LogP contribution is -2.46. The molecule has 31 heavy (non-hydrogen) atoms. The number of amides is 2. The molecule has 1 aliphatic heterocycles. The Morgan fingerprint density at radius 1 is 1.16 bits per heavy atom. The number of pyridine rings is 2. The third-order valence-corrected chi connectivity index (χ3v) is 5.37. The smallest absolute Gasteiger partial charge is 0.320 e. The molecule has 0 atom stereocenters. The van der Waals surface area contributed by atoms with Gasteiger partial charge in [0, 0.05) is 57.9 Å². The molecule has 0 spiro atoms. The number of imidazole rings is 1. The predicted molar refractivity (Wildman–Crippen MR) is 121 cm³/mol. The molecule has 0 aliphatic carbocycles. The van der Waals surface area contributed by atoms with Crippen LogP contribution in [0.5, 0.6) is 0 Å². The number of nitrogens with zero attached hydrogens (tertiary/aromatic N) is 5. The quantitative estimate of drug-likeness (QED) is 0.509. The zero-order valence-electron chi connectivity index (χ0n) is 17.3. The Hall–Kier alpha value is -3.17. The van der Waals surface area contributed by atoms with Gasteiger partial charge in [0.2, 0.25) is 0 Å². The second-order valence-corrected chi connectivity index (χ2v) is 7.60. The number of carbonyl (C=O) groups excluding carboxylic acids is 1. The summed E-state index contributed by atoms with van der Waals surface area (Å²) in [5, 5.41) is 5.94. The van der Waals surface area contributed by atoms with E-state index in [1.165, 1.54) is 0 Å². The molecule has 162 valence electrons. The number of urea groups is 1. The first-order valence-corrected chi connectivity index (χ1v) is 10.6. The molecule has 9 nitrogen and oxygen atoms in total. The van der Waals surface area contributed by atoms with Crippen molar-refractivity contribution in [2.24, 2.45) is 0 Å². The van der Waals surface area contributed by atoms with E-state index in [2.05, 4.69) is 40.4 Å². The Kier molecular flexibility index (Phi) is 6.63. The zero-order chi connectivity index (χ0) is 21.6. The van der Waals surface area contributed by atoms with Gasteiger partial charge in [-0.05, 0) is 36.8 Å². The summed E-state index contributed by atoms with van der Waals surface area (Å²) in [5.74, 6) is 1.26. The van der Waals surface area contributed by atoms with E-state index in [4.69, 9.17) is 11.6 Å². The monoisotopic (exact) mass is 440 g/mol. The van der Waals surface area contributed by atoms with Gasteiger partial charge in [-0.25, -0.2) is 19.7 Å². The molecule has 0 unspecified atom stereocenters. The van der Waals surface area contributed by atoms with E-state index in [1.807, 2.05) is 31.2 Å². The van der Waals surface area contributed by atoms with E-state index in [-0.39, 0.29) is 6.03 Å². The summed E-state index contributed by atoms with van der Waals surface area (Å²) in [7, 11) is 0. The van der Waals surface area contributed by atoms with Crippen LogP contribution in [-0.2, 0) is 6.54 Å². The van der Waals surface area contributed by atoms with Crippen LogP contribution in [0.4, 0.5) is 16.3 Å². The van der Waals surface area contributed by atoms with Crippen molar-refractivity contribution in [2.45, 2.75) is 13.5 Å². The fourth-order valence-corrected chi connectivity index (χ4v) is 3.84. The standard InChI is InChI=1S/C21H25ClN8O/c1-2-23-21(31)28-18-13-15(5-6-24-18)14-29-9-11-30(12-10-29)17-4-3-16(27-19(17)22)20-25-7-8-26-20/h3-8,13H,2,9-12,14H2,1H3,(H,25,26)(H2,23,24,28,31). The van der Waals surface area contributed by atoms with Crippen molar-refractivity contribution in [2.75, 3.05) is 42.9 Å². The molecule has 3 N–H and O–H groups in total. The van der Waals surface area contributed by atoms with Crippen LogP contribution in [-0.4, -0.2) is 63.6 Å². The maximum atomic E-state index is 11.7. The third-order valence-electron chi connectivity index (χ3n) is 5.09. The van der Waals surface area contributed by atoms with Gasteiger partial charge >= 0.3 is 6.03 Å². The summed E-state index contributed by atoms with van der Waals surface area (Å²) in [4.78, 5) is 32.3. The molecule has 1 fully saturated rings. The van der Waals surface area contributed by atoms with Gasteiger partial charge in [-0.1, -0.05) is 11.6 Å². The summed E-state index contributed by atoms with van der Waals surface area (Å²) in [6.45, 7) is 6.76. The topological polar surface area (TPSA) is 102 Å². The maximum Gasteiger partial charge on any atom is 0.320 e. The minimum Gasteiger partial charge on any atom is -0.366 e. The summed E-state index contributed by atoms with van der Waals surface area (Å²) < 4.78 is 0.